The highest BCUT2D eigenvalue weighted by Crippen LogP contribution is 2.29. The Morgan fingerprint density at radius 3 is 2.20 bits per heavy atom. The average Bonchev–Trinajstić information content (AvgIpc) is 2.35. The van der Waals surface area contributed by atoms with Crippen molar-refractivity contribution in [1.29, 1.82) is 0 Å². The highest BCUT2D eigenvalue weighted by Gasteiger charge is 2.29. The molecule has 0 saturated carbocycles. The molecule has 0 spiro atoms. The van der Waals surface area contributed by atoms with Crippen LogP contribution in [0.5, 0.6) is 0 Å². The van der Waals surface area contributed by atoms with Crippen LogP contribution in [0.1, 0.15) is 11.1 Å². The van der Waals surface area contributed by atoms with E-state index in [-0.39, 0.29) is 6.42 Å². The summed E-state index contributed by atoms with van der Waals surface area (Å²) in [5.74, 6) is -2.06. The fourth-order valence-electron chi connectivity index (χ4n) is 1.36. The van der Waals surface area contributed by atoms with Crippen LogP contribution in [0.25, 0.3) is 0 Å². The van der Waals surface area contributed by atoms with Gasteiger partial charge in [-0.15, -0.1) is 0 Å². The number of carboxylic acid groups (broad SMARTS) is 1. The molecule has 0 saturated heterocycles. The fraction of sp³-hybridized carbons (Fsp3) is 0.333. The molecule has 5 nitrogen and oxygen atoms in total. The Labute approximate surface area is 112 Å². The number of rotatable bonds is 5. The van der Waals surface area contributed by atoms with Crippen molar-refractivity contribution in [2.75, 3.05) is 6.54 Å². The zero-order valence-electron chi connectivity index (χ0n) is 10.1. The normalized spacial score (nSPS) is 12.8. The van der Waals surface area contributed by atoms with E-state index >= 15 is 0 Å². The molecular formula is C12H12F3NO4. The van der Waals surface area contributed by atoms with Gasteiger partial charge in [0.15, 0.2) is 6.10 Å². The number of carbonyl (C=O) groups is 2. The molecule has 3 N–H and O–H groups in total. The number of amides is 1. The molecule has 20 heavy (non-hydrogen) atoms. The summed E-state index contributed by atoms with van der Waals surface area (Å²) in [5.41, 5.74) is -0.469. The van der Waals surface area contributed by atoms with Crippen molar-refractivity contribution in [2.45, 2.75) is 18.7 Å². The van der Waals surface area contributed by atoms with Crippen LogP contribution in [0.3, 0.4) is 0 Å². The summed E-state index contributed by atoms with van der Waals surface area (Å²) in [6, 6.07) is 4.04. The van der Waals surface area contributed by atoms with Crippen molar-refractivity contribution < 1.29 is 33.0 Å². The van der Waals surface area contributed by atoms with Crippen LogP contribution in [0, 0.1) is 0 Å². The van der Waals surface area contributed by atoms with Gasteiger partial charge in [0.2, 0.25) is 5.91 Å². The van der Waals surface area contributed by atoms with E-state index < -0.39 is 36.3 Å². The maximum absolute atomic E-state index is 12.3. The third-order valence-electron chi connectivity index (χ3n) is 2.42. The first-order valence-corrected chi connectivity index (χ1v) is 5.54. The Morgan fingerprint density at radius 2 is 1.75 bits per heavy atom. The number of halogens is 3. The molecule has 0 bridgehead atoms. The van der Waals surface area contributed by atoms with Gasteiger partial charge >= 0.3 is 12.1 Å². The van der Waals surface area contributed by atoms with Gasteiger partial charge in [-0.05, 0) is 17.7 Å². The molecule has 1 aromatic rings. The van der Waals surface area contributed by atoms with E-state index in [0.717, 1.165) is 24.3 Å². The van der Waals surface area contributed by atoms with Crippen molar-refractivity contribution in [3.8, 4) is 0 Å². The van der Waals surface area contributed by atoms with Crippen molar-refractivity contribution >= 4 is 11.9 Å². The Bertz CT molecular complexity index is 484. The molecule has 1 amide bonds. The second-order valence-corrected chi connectivity index (χ2v) is 4.03. The van der Waals surface area contributed by atoms with Crippen LogP contribution in [-0.4, -0.2) is 34.7 Å². The SMILES string of the molecule is O=C(Cc1ccc(C(F)(F)F)cc1)NC[C@H](O)C(=O)O. The molecule has 8 heteroatoms. The molecule has 1 aromatic carbocycles. The molecule has 0 aliphatic carbocycles. The summed E-state index contributed by atoms with van der Waals surface area (Å²) in [6.45, 7) is -0.463. The van der Waals surface area contributed by atoms with Gasteiger partial charge in [0.1, 0.15) is 0 Å². The Hall–Kier alpha value is -2.09. The zero-order chi connectivity index (χ0) is 15.3. The van der Waals surface area contributed by atoms with Gasteiger partial charge in [0, 0.05) is 0 Å². The Balaban J connectivity index is 2.53. The zero-order valence-corrected chi connectivity index (χ0v) is 10.1. The lowest BCUT2D eigenvalue weighted by atomic mass is 10.1. The van der Waals surface area contributed by atoms with Gasteiger partial charge < -0.3 is 15.5 Å². The number of aliphatic hydroxyl groups is 1. The molecule has 0 aromatic heterocycles. The van der Waals surface area contributed by atoms with Gasteiger partial charge in [-0.3, -0.25) is 4.79 Å². The largest absolute Gasteiger partial charge is 0.479 e. The molecule has 0 heterocycles. The third-order valence-corrected chi connectivity index (χ3v) is 2.42. The number of carboxylic acids is 1. The van der Waals surface area contributed by atoms with Gasteiger partial charge in [-0.2, -0.15) is 13.2 Å². The van der Waals surface area contributed by atoms with E-state index in [2.05, 4.69) is 5.32 Å². The van der Waals surface area contributed by atoms with Crippen LogP contribution >= 0.6 is 0 Å². The lowest BCUT2D eigenvalue weighted by Crippen LogP contribution is -2.37. The number of hydrogen-bond acceptors (Lipinski definition) is 3. The summed E-state index contributed by atoms with van der Waals surface area (Å²) in [4.78, 5) is 21.7. The number of aliphatic hydroxyl groups excluding tert-OH is 1. The molecule has 0 fully saturated rings. The molecule has 0 unspecified atom stereocenters. The Kier molecular flexibility index (Phi) is 5.09. The van der Waals surface area contributed by atoms with Gasteiger partial charge in [-0.1, -0.05) is 12.1 Å². The fourth-order valence-corrected chi connectivity index (χ4v) is 1.36. The maximum Gasteiger partial charge on any atom is 0.416 e. The van der Waals surface area contributed by atoms with E-state index in [1.165, 1.54) is 0 Å². The van der Waals surface area contributed by atoms with Crippen LogP contribution in [-0.2, 0) is 22.2 Å². The topological polar surface area (TPSA) is 86.6 Å². The number of alkyl halides is 3. The minimum absolute atomic E-state index is 0.204. The predicted octanol–water partition coefficient (Wildman–Crippen LogP) is 0.810. The number of benzene rings is 1. The Morgan fingerprint density at radius 1 is 1.20 bits per heavy atom. The van der Waals surface area contributed by atoms with Crippen molar-refractivity contribution in [3.63, 3.8) is 0 Å². The monoisotopic (exact) mass is 291 g/mol. The molecule has 0 radical (unpaired) electrons. The predicted molar refractivity (Wildman–Crippen MR) is 61.8 cm³/mol. The molecule has 1 atom stereocenters. The van der Waals surface area contributed by atoms with Crippen LogP contribution < -0.4 is 5.32 Å². The summed E-state index contributed by atoms with van der Waals surface area (Å²) in [5, 5.41) is 19.5. The van der Waals surface area contributed by atoms with Crippen molar-refractivity contribution in [2.24, 2.45) is 0 Å². The minimum atomic E-state index is -4.44. The molecule has 110 valence electrons. The van der Waals surface area contributed by atoms with Gasteiger partial charge in [0.05, 0.1) is 18.5 Å². The number of nitrogens with one attached hydrogen (secondary N) is 1. The highest BCUT2D eigenvalue weighted by atomic mass is 19.4. The lowest BCUT2D eigenvalue weighted by molar-refractivity contribution is -0.146. The average molecular weight is 291 g/mol. The van der Waals surface area contributed by atoms with Crippen LogP contribution in [0.2, 0.25) is 0 Å². The maximum atomic E-state index is 12.3. The molecule has 0 aliphatic rings. The standard InChI is InChI=1S/C12H12F3NO4/c13-12(14,15)8-3-1-7(2-4-8)5-10(18)16-6-9(17)11(19)20/h1-4,9,17H,5-6H2,(H,16,18)(H,19,20)/t9-/m0/s1. The smallest absolute Gasteiger partial charge is 0.416 e. The van der Waals surface area contributed by atoms with Crippen molar-refractivity contribution in [1.82, 2.24) is 5.32 Å². The second-order valence-electron chi connectivity index (χ2n) is 4.03. The van der Waals surface area contributed by atoms with Gasteiger partial charge in [-0.25, -0.2) is 4.79 Å². The minimum Gasteiger partial charge on any atom is -0.479 e. The van der Waals surface area contributed by atoms with Crippen LogP contribution in [0.4, 0.5) is 13.2 Å². The molecular weight excluding hydrogens is 279 g/mol. The van der Waals surface area contributed by atoms with E-state index in [4.69, 9.17) is 10.2 Å². The number of hydrogen-bond donors (Lipinski definition) is 3. The van der Waals surface area contributed by atoms with Crippen LogP contribution in [0.15, 0.2) is 24.3 Å². The third kappa shape index (κ3) is 4.88. The first-order chi connectivity index (χ1) is 9.20. The summed E-state index contributed by atoms with van der Waals surface area (Å²) >= 11 is 0. The number of carbonyl (C=O) groups excluding carboxylic acids is 1. The summed E-state index contributed by atoms with van der Waals surface area (Å²) in [6.07, 6.45) is -6.36. The highest BCUT2D eigenvalue weighted by molar-refractivity contribution is 5.79. The molecule has 1 rings (SSSR count). The summed E-state index contributed by atoms with van der Waals surface area (Å²) < 4.78 is 36.9. The van der Waals surface area contributed by atoms with E-state index in [0.29, 0.717) is 5.56 Å². The van der Waals surface area contributed by atoms with Gasteiger partial charge in [0.25, 0.3) is 0 Å². The second kappa shape index (κ2) is 6.38. The summed E-state index contributed by atoms with van der Waals surface area (Å²) in [7, 11) is 0. The van der Waals surface area contributed by atoms with E-state index in [1.807, 2.05) is 0 Å². The number of aliphatic carboxylic acids is 1. The molecule has 0 aliphatic heterocycles. The lowest BCUT2D eigenvalue weighted by Gasteiger charge is -2.09. The van der Waals surface area contributed by atoms with E-state index in [9.17, 15) is 22.8 Å². The van der Waals surface area contributed by atoms with Crippen molar-refractivity contribution in [3.05, 3.63) is 35.4 Å². The first-order valence-electron chi connectivity index (χ1n) is 5.54. The first kappa shape index (κ1) is 16.0. The van der Waals surface area contributed by atoms with E-state index in [1.54, 1.807) is 0 Å². The quantitative estimate of drug-likeness (QED) is 0.749.